The van der Waals surface area contributed by atoms with Crippen LogP contribution in [0.3, 0.4) is 0 Å². The molecule has 5 rings (SSSR count). The molecule has 0 aliphatic carbocycles. The largest absolute Gasteiger partial charge is 0.439 e. The number of hydrogen-bond donors (Lipinski definition) is 1. The highest BCUT2D eigenvalue weighted by atomic mass is 16.5. The summed E-state index contributed by atoms with van der Waals surface area (Å²) in [4.78, 5) is 13.0. The van der Waals surface area contributed by atoms with E-state index in [4.69, 9.17) is 14.9 Å². The van der Waals surface area contributed by atoms with Crippen molar-refractivity contribution in [1.82, 2.24) is 0 Å². The lowest BCUT2D eigenvalue weighted by Crippen LogP contribution is -2.26. The number of allylic oxidation sites excluding steroid dienone is 1. The van der Waals surface area contributed by atoms with Crippen molar-refractivity contribution in [3.63, 3.8) is 0 Å². The Morgan fingerprint density at radius 2 is 1.68 bits per heavy atom. The molecule has 0 saturated heterocycles. The zero-order valence-electron chi connectivity index (χ0n) is 16.8. The van der Waals surface area contributed by atoms with Crippen molar-refractivity contribution in [2.24, 2.45) is 5.73 Å². The Kier molecular flexibility index (Phi) is 4.34. The Balaban J connectivity index is 1.72. The molecule has 4 aromatic rings. The summed E-state index contributed by atoms with van der Waals surface area (Å²) in [5.74, 6) is -0.316. The van der Waals surface area contributed by atoms with E-state index in [-0.39, 0.29) is 17.0 Å². The lowest BCUT2D eigenvalue weighted by molar-refractivity contribution is 0.388. The molecule has 1 aromatic heterocycles. The van der Waals surface area contributed by atoms with E-state index < -0.39 is 11.5 Å². The van der Waals surface area contributed by atoms with Crippen LogP contribution in [0.25, 0.3) is 22.1 Å². The first-order valence-corrected chi connectivity index (χ1v) is 9.87. The van der Waals surface area contributed by atoms with Gasteiger partial charge in [0.1, 0.15) is 17.2 Å². The van der Waals surface area contributed by atoms with Crippen LogP contribution in [-0.2, 0) is 0 Å². The summed E-state index contributed by atoms with van der Waals surface area (Å²) in [6, 6.07) is 25.3. The van der Waals surface area contributed by atoms with Gasteiger partial charge in [0.25, 0.3) is 0 Å². The summed E-state index contributed by atoms with van der Waals surface area (Å²) < 4.78 is 11.4. The minimum absolute atomic E-state index is 0.000502. The second-order valence-corrected chi connectivity index (χ2v) is 7.54. The van der Waals surface area contributed by atoms with Crippen LogP contribution >= 0.6 is 0 Å². The number of hydrogen-bond acceptors (Lipinski definition) is 5. The van der Waals surface area contributed by atoms with Crippen LogP contribution in [-0.4, -0.2) is 0 Å². The van der Waals surface area contributed by atoms with Crippen LogP contribution in [0, 0.1) is 18.3 Å². The van der Waals surface area contributed by atoms with E-state index in [1.54, 1.807) is 6.07 Å². The third kappa shape index (κ3) is 3.06. The molecule has 0 fully saturated rings. The monoisotopic (exact) mass is 406 g/mol. The predicted octanol–water partition coefficient (Wildman–Crippen LogP) is 4.99. The third-order valence-corrected chi connectivity index (χ3v) is 5.57. The number of fused-ring (bicyclic) bond motifs is 3. The zero-order valence-corrected chi connectivity index (χ0v) is 16.8. The molecule has 5 nitrogen and oxygen atoms in total. The van der Waals surface area contributed by atoms with Crippen molar-refractivity contribution in [1.29, 1.82) is 5.26 Å². The minimum atomic E-state index is -0.667. The molecule has 2 heterocycles. The molecule has 0 spiro atoms. The molecule has 1 unspecified atom stereocenters. The third-order valence-electron chi connectivity index (χ3n) is 5.57. The van der Waals surface area contributed by atoms with E-state index in [0.29, 0.717) is 16.7 Å². The second-order valence-electron chi connectivity index (χ2n) is 7.54. The maximum Gasteiger partial charge on any atom is 0.344 e. The Bertz CT molecular complexity index is 1440. The van der Waals surface area contributed by atoms with Crippen molar-refractivity contribution in [3.8, 4) is 22.9 Å². The normalized spacial score (nSPS) is 15.3. The number of benzene rings is 3. The van der Waals surface area contributed by atoms with Gasteiger partial charge in [-0.15, -0.1) is 0 Å². The van der Waals surface area contributed by atoms with Crippen molar-refractivity contribution < 1.29 is 9.15 Å². The SMILES string of the molecule is Cc1ccc2oc(=O)c3c(c2c1)OC(N)=C(C#N)C3c1ccc(-c2ccccc2)cc1. The van der Waals surface area contributed by atoms with Gasteiger partial charge in [0, 0.05) is 0 Å². The van der Waals surface area contributed by atoms with Crippen molar-refractivity contribution >= 4 is 11.0 Å². The number of rotatable bonds is 2. The zero-order chi connectivity index (χ0) is 21.5. The van der Waals surface area contributed by atoms with Crippen LogP contribution in [0.1, 0.15) is 22.6 Å². The summed E-state index contributed by atoms with van der Waals surface area (Å²) in [5, 5.41) is 10.5. The van der Waals surface area contributed by atoms with E-state index >= 15 is 0 Å². The molecule has 1 aliphatic heterocycles. The topological polar surface area (TPSA) is 89.2 Å². The first-order chi connectivity index (χ1) is 15.1. The van der Waals surface area contributed by atoms with E-state index in [9.17, 15) is 10.1 Å². The molecule has 5 heteroatoms. The molecule has 31 heavy (non-hydrogen) atoms. The molecule has 2 N–H and O–H groups in total. The molecule has 3 aromatic carbocycles. The van der Waals surface area contributed by atoms with Gasteiger partial charge in [0.15, 0.2) is 5.75 Å². The van der Waals surface area contributed by atoms with E-state index in [2.05, 4.69) is 6.07 Å². The average molecular weight is 406 g/mol. The van der Waals surface area contributed by atoms with Gasteiger partial charge in [-0.25, -0.2) is 4.79 Å². The Hall–Kier alpha value is -4.30. The predicted molar refractivity (Wildman–Crippen MR) is 118 cm³/mol. The maximum absolute atomic E-state index is 13.0. The molecule has 0 bridgehead atoms. The van der Waals surface area contributed by atoms with Gasteiger partial charge in [-0.1, -0.05) is 66.2 Å². The molecular weight excluding hydrogens is 388 g/mol. The van der Waals surface area contributed by atoms with Crippen molar-refractivity contribution in [3.05, 3.63) is 111 Å². The fourth-order valence-electron chi connectivity index (χ4n) is 4.06. The van der Waals surface area contributed by atoms with Crippen LogP contribution < -0.4 is 16.1 Å². The smallest absolute Gasteiger partial charge is 0.344 e. The van der Waals surface area contributed by atoms with Gasteiger partial charge in [0.05, 0.1) is 16.9 Å². The first kappa shape index (κ1) is 18.7. The Morgan fingerprint density at radius 3 is 2.39 bits per heavy atom. The van der Waals surface area contributed by atoms with Gasteiger partial charge in [0.2, 0.25) is 5.88 Å². The molecule has 0 saturated carbocycles. The number of ether oxygens (including phenoxy) is 1. The highest BCUT2D eigenvalue weighted by Gasteiger charge is 2.35. The fourth-order valence-corrected chi connectivity index (χ4v) is 4.06. The number of nitrogens with two attached hydrogens (primary N) is 1. The molecule has 150 valence electrons. The van der Waals surface area contributed by atoms with Crippen LogP contribution in [0.2, 0.25) is 0 Å². The quantitative estimate of drug-likeness (QED) is 0.474. The maximum atomic E-state index is 13.0. The number of aryl methyl sites for hydroxylation is 1. The molecule has 0 amide bonds. The van der Waals surface area contributed by atoms with Gasteiger partial charge < -0.3 is 14.9 Å². The van der Waals surface area contributed by atoms with Crippen LogP contribution in [0.4, 0.5) is 0 Å². The van der Waals surface area contributed by atoms with Crippen molar-refractivity contribution in [2.75, 3.05) is 0 Å². The molecular formula is C26H18N2O3. The van der Waals surface area contributed by atoms with Crippen molar-refractivity contribution in [2.45, 2.75) is 12.8 Å². The summed E-state index contributed by atoms with van der Waals surface area (Å²) in [7, 11) is 0. The standard InChI is InChI=1S/C26H18N2O3/c1-15-7-12-21-19(13-15)24-23(26(29)30-21)22(20(14-27)25(28)31-24)18-10-8-17(9-11-18)16-5-3-2-4-6-16/h2-13,22H,28H2,1H3. The highest BCUT2D eigenvalue weighted by Crippen LogP contribution is 2.43. The fraction of sp³-hybridized carbons (Fsp3) is 0.0769. The van der Waals surface area contributed by atoms with Gasteiger partial charge in [-0.3, -0.25) is 0 Å². The number of nitriles is 1. The second kappa shape index (κ2) is 7.19. The summed E-state index contributed by atoms with van der Waals surface area (Å²) in [6.07, 6.45) is 0. The van der Waals surface area contributed by atoms with Gasteiger partial charge in [-0.2, -0.15) is 5.26 Å². The lowest BCUT2D eigenvalue weighted by Gasteiger charge is -2.26. The minimum Gasteiger partial charge on any atom is -0.439 e. The van der Waals surface area contributed by atoms with E-state index in [0.717, 1.165) is 22.3 Å². The van der Waals surface area contributed by atoms with Gasteiger partial charge in [-0.05, 0) is 35.7 Å². The number of nitrogens with zero attached hydrogens (tertiary/aromatic N) is 1. The van der Waals surface area contributed by atoms with Gasteiger partial charge >= 0.3 is 5.63 Å². The highest BCUT2D eigenvalue weighted by molar-refractivity contribution is 5.86. The summed E-state index contributed by atoms with van der Waals surface area (Å²) in [5.41, 5.74) is 10.4. The molecule has 1 aliphatic rings. The summed E-state index contributed by atoms with van der Waals surface area (Å²) in [6.45, 7) is 1.94. The lowest BCUT2D eigenvalue weighted by atomic mass is 9.83. The van der Waals surface area contributed by atoms with Crippen LogP contribution in [0.5, 0.6) is 5.75 Å². The molecule has 1 atom stereocenters. The average Bonchev–Trinajstić information content (AvgIpc) is 2.79. The van der Waals surface area contributed by atoms with E-state index in [1.807, 2.05) is 73.7 Å². The van der Waals surface area contributed by atoms with E-state index in [1.165, 1.54) is 0 Å². The Morgan fingerprint density at radius 1 is 0.968 bits per heavy atom. The summed E-state index contributed by atoms with van der Waals surface area (Å²) >= 11 is 0. The van der Waals surface area contributed by atoms with Crippen LogP contribution in [0.15, 0.2) is 93.5 Å². The first-order valence-electron chi connectivity index (χ1n) is 9.87. The Labute approximate surface area is 178 Å². The molecule has 0 radical (unpaired) electrons.